The number of rotatable bonds is 6. The van der Waals surface area contributed by atoms with Crippen LogP contribution < -0.4 is 5.32 Å². The standard InChI is InChI=1S/C17H19NO3/c1-21-16(14-8-3-2-4-9-14)17(20)18-12-11-13-7-5-6-10-15(13)19/h2-10,16,19H,11-12H2,1H3,(H,18,20)/t16-/m0/s1. The Kier molecular flexibility index (Phi) is 5.35. The molecule has 0 saturated heterocycles. The Hall–Kier alpha value is -2.33. The predicted octanol–water partition coefficient (Wildman–Crippen LogP) is 2.44. The number of aromatic hydroxyl groups is 1. The van der Waals surface area contributed by atoms with Gasteiger partial charge in [0.2, 0.25) is 0 Å². The third-order valence-electron chi connectivity index (χ3n) is 3.26. The van der Waals surface area contributed by atoms with Gasteiger partial charge in [-0.05, 0) is 23.6 Å². The molecule has 21 heavy (non-hydrogen) atoms. The van der Waals surface area contributed by atoms with Crippen molar-refractivity contribution in [3.05, 3.63) is 65.7 Å². The van der Waals surface area contributed by atoms with E-state index >= 15 is 0 Å². The Morgan fingerprint density at radius 2 is 1.81 bits per heavy atom. The number of ether oxygens (including phenoxy) is 1. The molecule has 4 heteroatoms. The molecule has 0 aliphatic carbocycles. The SMILES string of the molecule is CO[C@H](C(=O)NCCc1ccccc1O)c1ccccc1. The number of nitrogens with one attached hydrogen (secondary N) is 1. The van der Waals surface area contributed by atoms with Gasteiger partial charge in [0.25, 0.3) is 5.91 Å². The lowest BCUT2D eigenvalue weighted by Gasteiger charge is -2.15. The van der Waals surface area contributed by atoms with Gasteiger partial charge in [0.05, 0.1) is 0 Å². The van der Waals surface area contributed by atoms with Crippen molar-refractivity contribution in [1.29, 1.82) is 0 Å². The molecule has 0 saturated carbocycles. The maximum Gasteiger partial charge on any atom is 0.253 e. The summed E-state index contributed by atoms with van der Waals surface area (Å²) in [6.45, 7) is 0.448. The summed E-state index contributed by atoms with van der Waals surface area (Å²) in [5.74, 6) is 0.0669. The molecule has 0 spiro atoms. The zero-order valence-electron chi connectivity index (χ0n) is 12.0. The van der Waals surface area contributed by atoms with Crippen molar-refractivity contribution in [2.45, 2.75) is 12.5 Å². The minimum Gasteiger partial charge on any atom is -0.508 e. The number of carbonyl (C=O) groups excluding carboxylic acids is 1. The molecule has 0 radical (unpaired) electrons. The molecule has 0 aliphatic rings. The van der Waals surface area contributed by atoms with E-state index < -0.39 is 6.10 Å². The molecule has 2 aromatic rings. The lowest BCUT2D eigenvalue weighted by atomic mass is 10.1. The fraction of sp³-hybridized carbons (Fsp3) is 0.235. The van der Waals surface area contributed by atoms with Crippen LogP contribution in [0.1, 0.15) is 17.2 Å². The van der Waals surface area contributed by atoms with Crippen LogP contribution in [0.5, 0.6) is 5.75 Å². The first-order valence-electron chi connectivity index (χ1n) is 6.84. The highest BCUT2D eigenvalue weighted by Crippen LogP contribution is 2.17. The summed E-state index contributed by atoms with van der Waals surface area (Å²) in [5.41, 5.74) is 1.63. The lowest BCUT2D eigenvalue weighted by Crippen LogP contribution is -2.31. The van der Waals surface area contributed by atoms with Crippen molar-refractivity contribution in [2.24, 2.45) is 0 Å². The van der Waals surface area contributed by atoms with Gasteiger partial charge >= 0.3 is 0 Å². The largest absolute Gasteiger partial charge is 0.508 e. The smallest absolute Gasteiger partial charge is 0.253 e. The molecule has 2 N–H and O–H groups in total. The second kappa shape index (κ2) is 7.45. The molecular weight excluding hydrogens is 266 g/mol. The van der Waals surface area contributed by atoms with Crippen molar-refractivity contribution < 1.29 is 14.6 Å². The molecule has 2 rings (SSSR count). The topological polar surface area (TPSA) is 58.6 Å². The maximum absolute atomic E-state index is 12.2. The Morgan fingerprint density at radius 1 is 1.14 bits per heavy atom. The molecule has 0 unspecified atom stereocenters. The summed E-state index contributed by atoms with van der Waals surface area (Å²) in [6.07, 6.45) is -0.0422. The zero-order chi connectivity index (χ0) is 15.1. The summed E-state index contributed by atoms with van der Waals surface area (Å²) in [6, 6.07) is 16.5. The van der Waals surface area contributed by atoms with E-state index in [2.05, 4.69) is 5.32 Å². The number of methoxy groups -OCH3 is 1. The van der Waals surface area contributed by atoms with Crippen LogP contribution in [0.4, 0.5) is 0 Å². The van der Waals surface area contributed by atoms with Crippen LogP contribution in [0.25, 0.3) is 0 Å². The second-order valence-electron chi connectivity index (χ2n) is 4.70. The van der Waals surface area contributed by atoms with E-state index in [-0.39, 0.29) is 11.7 Å². The van der Waals surface area contributed by atoms with Crippen molar-refractivity contribution in [3.63, 3.8) is 0 Å². The van der Waals surface area contributed by atoms with Crippen LogP contribution in [-0.2, 0) is 16.0 Å². The minimum atomic E-state index is -0.615. The highest BCUT2D eigenvalue weighted by atomic mass is 16.5. The number of benzene rings is 2. The second-order valence-corrected chi connectivity index (χ2v) is 4.70. The Morgan fingerprint density at radius 3 is 2.48 bits per heavy atom. The third-order valence-corrected chi connectivity index (χ3v) is 3.26. The number of carbonyl (C=O) groups is 1. The number of phenols is 1. The van der Waals surface area contributed by atoms with E-state index in [4.69, 9.17) is 4.74 Å². The van der Waals surface area contributed by atoms with Crippen LogP contribution in [0.2, 0.25) is 0 Å². The van der Waals surface area contributed by atoms with Gasteiger partial charge in [-0.2, -0.15) is 0 Å². The van der Waals surface area contributed by atoms with E-state index in [9.17, 15) is 9.90 Å². The molecule has 0 bridgehead atoms. The quantitative estimate of drug-likeness (QED) is 0.857. The number of phenolic OH excluding ortho intramolecular Hbond substituents is 1. The van der Waals surface area contributed by atoms with Gasteiger partial charge in [-0.1, -0.05) is 48.5 Å². The fourth-order valence-corrected chi connectivity index (χ4v) is 2.16. The van der Waals surface area contributed by atoms with Crippen LogP contribution in [0.3, 0.4) is 0 Å². The molecule has 2 aromatic carbocycles. The van der Waals surface area contributed by atoms with E-state index in [0.717, 1.165) is 11.1 Å². The summed E-state index contributed by atoms with van der Waals surface area (Å²) in [5, 5.41) is 12.5. The monoisotopic (exact) mass is 285 g/mol. The minimum absolute atomic E-state index is 0.181. The third kappa shape index (κ3) is 4.07. The van der Waals surface area contributed by atoms with Gasteiger partial charge in [0.1, 0.15) is 5.75 Å². The van der Waals surface area contributed by atoms with Gasteiger partial charge in [0.15, 0.2) is 6.10 Å². The maximum atomic E-state index is 12.2. The first-order chi connectivity index (χ1) is 10.2. The Balaban J connectivity index is 1.90. The highest BCUT2D eigenvalue weighted by Gasteiger charge is 2.19. The molecule has 110 valence electrons. The highest BCUT2D eigenvalue weighted by molar-refractivity contribution is 5.82. The van der Waals surface area contributed by atoms with Crippen molar-refractivity contribution in [3.8, 4) is 5.75 Å². The zero-order valence-corrected chi connectivity index (χ0v) is 12.0. The molecule has 0 heterocycles. The van der Waals surface area contributed by atoms with Crippen molar-refractivity contribution in [2.75, 3.05) is 13.7 Å². The normalized spacial score (nSPS) is 11.9. The number of amides is 1. The van der Waals surface area contributed by atoms with Crippen LogP contribution in [0.15, 0.2) is 54.6 Å². The molecule has 1 atom stereocenters. The van der Waals surface area contributed by atoms with Gasteiger partial charge in [0, 0.05) is 13.7 Å². The first-order valence-corrected chi connectivity index (χ1v) is 6.84. The molecule has 0 aliphatic heterocycles. The van der Waals surface area contributed by atoms with Crippen LogP contribution >= 0.6 is 0 Å². The molecule has 4 nitrogen and oxygen atoms in total. The van der Waals surface area contributed by atoms with Crippen molar-refractivity contribution >= 4 is 5.91 Å². The van der Waals surface area contributed by atoms with E-state index in [1.807, 2.05) is 42.5 Å². The average molecular weight is 285 g/mol. The molecule has 0 fully saturated rings. The number of para-hydroxylation sites is 1. The fourth-order valence-electron chi connectivity index (χ4n) is 2.16. The summed E-state index contributed by atoms with van der Waals surface area (Å²) in [4.78, 5) is 12.2. The molecule has 1 amide bonds. The first kappa shape index (κ1) is 15.1. The van der Waals surface area contributed by atoms with Gasteiger partial charge in [-0.3, -0.25) is 4.79 Å². The molecule has 0 aromatic heterocycles. The Labute approximate surface area is 124 Å². The predicted molar refractivity (Wildman–Crippen MR) is 81.0 cm³/mol. The summed E-state index contributed by atoms with van der Waals surface area (Å²) < 4.78 is 5.26. The van der Waals surface area contributed by atoms with E-state index in [1.54, 1.807) is 12.1 Å². The van der Waals surface area contributed by atoms with Gasteiger partial charge < -0.3 is 15.2 Å². The van der Waals surface area contributed by atoms with E-state index in [0.29, 0.717) is 13.0 Å². The average Bonchev–Trinajstić information content (AvgIpc) is 2.51. The summed E-state index contributed by atoms with van der Waals surface area (Å²) >= 11 is 0. The van der Waals surface area contributed by atoms with Crippen LogP contribution in [0, 0.1) is 0 Å². The number of hydrogen-bond acceptors (Lipinski definition) is 3. The van der Waals surface area contributed by atoms with E-state index in [1.165, 1.54) is 7.11 Å². The lowest BCUT2D eigenvalue weighted by molar-refractivity contribution is -0.131. The Bertz CT molecular complexity index is 584. The van der Waals surface area contributed by atoms with Crippen molar-refractivity contribution in [1.82, 2.24) is 5.32 Å². The summed E-state index contributed by atoms with van der Waals surface area (Å²) in [7, 11) is 1.51. The van der Waals surface area contributed by atoms with Gasteiger partial charge in [-0.15, -0.1) is 0 Å². The van der Waals surface area contributed by atoms with Crippen LogP contribution in [-0.4, -0.2) is 24.7 Å². The van der Waals surface area contributed by atoms with Gasteiger partial charge in [-0.25, -0.2) is 0 Å². The molecular formula is C17H19NO3. The number of hydrogen-bond donors (Lipinski definition) is 2.